The number of hydrogen-bond donors (Lipinski definition) is 0. The molecule has 3 aromatic rings. The number of rotatable bonds is 4. The van der Waals surface area contributed by atoms with Crippen LogP contribution in [0, 0.1) is 6.92 Å². The van der Waals surface area contributed by atoms with Crippen LogP contribution in [0.2, 0.25) is 0 Å². The number of aryl methyl sites for hydroxylation is 2. The van der Waals surface area contributed by atoms with Gasteiger partial charge in [-0.15, -0.1) is 5.10 Å². The van der Waals surface area contributed by atoms with Crippen LogP contribution in [0.5, 0.6) is 0 Å². The molecule has 2 heterocycles. The summed E-state index contributed by atoms with van der Waals surface area (Å²) in [6, 6.07) is 11.1. The van der Waals surface area contributed by atoms with Crippen molar-refractivity contribution >= 4 is 17.1 Å². The fraction of sp³-hybridized carbons (Fsp3) is 0.429. The Kier molecular flexibility index (Phi) is 3.74. The van der Waals surface area contributed by atoms with Gasteiger partial charge in [0.25, 0.3) is 5.91 Å². The second-order valence-corrected chi connectivity index (χ2v) is 7.90. The van der Waals surface area contributed by atoms with Gasteiger partial charge < -0.3 is 4.90 Å². The predicted molar refractivity (Wildman–Crippen MR) is 102 cm³/mol. The number of nitrogens with zero attached hydrogens (tertiary/aromatic N) is 5. The Morgan fingerprint density at radius 2 is 1.96 bits per heavy atom. The van der Waals surface area contributed by atoms with Crippen LogP contribution in [0.15, 0.2) is 36.5 Å². The molecule has 5 rings (SSSR count). The van der Waals surface area contributed by atoms with E-state index in [1.165, 1.54) is 11.1 Å². The minimum atomic E-state index is 0.0887. The number of amides is 1. The van der Waals surface area contributed by atoms with Crippen LogP contribution in [0.3, 0.4) is 0 Å². The van der Waals surface area contributed by atoms with Gasteiger partial charge >= 0.3 is 0 Å². The van der Waals surface area contributed by atoms with E-state index >= 15 is 0 Å². The Hall–Kier alpha value is -2.76. The number of carbonyl (C=O) groups excluding carboxylic acids is 1. The highest BCUT2D eigenvalue weighted by atomic mass is 16.2. The van der Waals surface area contributed by atoms with Crippen LogP contribution >= 0.6 is 0 Å². The maximum atomic E-state index is 13.3. The zero-order chi connectivity index (χ0) is 18.5. The second kappa shape index (κ2) is 6.15. The number of carbonyl (C=O) groups is 1. The van der Waals surface area contributed by atoms with Gasteiger partial charge in [0.2, 0.25) is 0 Å². The van der Waals surface area contributed by atoms with E-state index in [4.69, 9.17) is 0 Å². The quantitative estimate of drug-likeness (QED) is 0.716. The van der Waals surface area contributed by atoms with Crippen molar-refractivity contribution < 1.29 is 4.79 Å². The molecule has 2 aromatic heterocycles. The number of pyridine rings is 1. The predicted octanol–water partition coefficient (Wildman–Crippen LogP) is 3.22. The molecule has 0 bridgehead atoms. The minimum Gasteiger partial charge on any atom is -0.333 e. The van der Waals surface area contributed by atoms with Crippen LogP contribution in [0.4, 0.5) is 0 Å². The molecular weight excluding hydrogens is 338 g/mol. The zero-order valence-electron chi connectivity index (χ0n) is 15.7. The first-order valence-electron chi connectivity index (χ1n) is 9.65. The van der Waals surface area contributed by atoms with Crippen LogP contribution in [-0.4, -0.2) is 42.9 Å². The first-order valence-corrected chi connectivity index (χ1v) is 9.65. The molecule has 0 spiro atoms. The summed E-state index contributed by atoms with van der Waals surface area (Å²) in [4.78, 5) is 19.8. The Balaban J connectivity index is 1.37. The summed E-state index contributed by atoms with van der Waals surface area (Å²) in [7, 11) is 1.81. The van der Waals surface area contributed by atoms with Crippen molar-refractivity contribution in [2.75, 3.05) is 0 Å². The number of aromatic nitrogens is 4. The third-order valence-electron chi connectivity index (χ3n) is 6.00. The summed E-state index contributed by atoms with van der Waals surface area (Å²) in [6.45, 7) is 2.17. The lowest BCUT2D eigenvalue weighted by Gasteiger charge is -2.44. The molecule has 27 heavy (non-hydrogen) atoms. The highest BCUT2D eigenvalue weighted by Gasteiger charge is 2.44. The van der Waals surface area contributed by atoms with Crippen LogP contribution in [0.25, 0.3) is 11.2 Å². The lowest BCUT2D eigenvalue weighted by molar-refractivity contribution is 0.0516. The molecule has 6 heteroatoms. The molecule has 0 aliphatic heterocycles. The molecule has 6 nitrogen and oxygen atoms in total. The molecule has 1 aromatic carbocycles. The Morgan fingerprint density at radius 3 is 2.70 bits per heavy atom. The van der Waals surface area contributed by atoms with Crippen molar-refractivity contribution in [1.29, 1.82) is 0 Å². The van der Waals surface area contributed by atoms with Crippen LogP contribution in [-0.2, 0) is 7.05 Å². The van der Waals surface area contributed by atoms with E-state index in [0.29, 0.717) is 34.7 Å². The van der Waals surface area contributed by atoms with E-state index in [-0.39, 0.29) is 5.91 Å². The highest BCUT2D eigenvalue weighted by molar-refractivity contribution is 5.97. The molecule has 0 unspecified atom stereocenters. The summed E-state index contributed by atoms with van der Waals surface area (Å²) in [6.07, 6.45) is 5.99. The van der Waals surface area contributed by atoms with Gasteiger partial charge in [-0.2, -0.15) is 0 Å². The lowest BCUT2D eigenvalue weighted by atomic mass is 9.73. The molecule has 0 saturated heterocycles. The Morgan fingerprint density at radius 1 is 1.19 bits per heavy atom. The molecule has 0 radical (unpaired) electrons. The van der Waals surface area contributed by atoms with Crippen molar-refractivity contribution in [3.8, 4) is 0 Å². The highest BCUT2D eigenvalue weighted by Crippen LogP contribution is 2.44. The molecule has 0 N–H and O–H groups in total. The van der Waals surface area contributed by atoms with Gasteiger partial charge in [0.1, 0.15) is 5.52 Å². The SMILES string of the molecule is Cc1ccccc1C1CC(N(C(=O)c2cnc3c(c2)nnn3C)C2CC2)C1. The molecule has 0 atom stereocenters. The van der Waals surface area contributed by atoms with Gasteiger partial charge in [-0.3, -0.25) is 4.79 Å². The van der Waals surface area contributed by atoms with E-state index in [0.717, 1.165) is 25.7 Å². The van der Waals surface area contributed by atoms with E-state index < -0.39 is 0 Å². The van der Waals surface area contributed by atoms with E-state index in [2.05, 4.69) is 51.4 Å². The monoisotopic (exact) mass is 361 g/mol. The van der Waals surface area contributed by atoms with Crippen molar-refractivity contribution in [3.05, 3.63) is 53.2 Å². The second-order valence-electron chi connectivity index (χ2n) is 7.90. The van der Waals surface area contributed by atoms with E-state index in [1.807, 2.05) is 6.07 Å². The maximum absolute atomic E-state index is 13.3. The third kappa shape index (κ3) is 2.80. The first-order chi connectivity index (χ1) is 13.1. The Labute approximate surface area is 158 Å². The topological polar surface area (TPSA) is 63.9 Å². The molecule has 138 valence electrons. The van der Waals surface area contributed by atoms with Gasteiger partial charge in [-0.1, -0.05) is 29.5 Å². The molecule has 2 fully saturated rings. The minimum absolute atomic E-state index is 0.0887. The third-order valence-corrected chi connectivity index (χ3v) is 6.00. The van der Waals surface area contributed by atoms with Gasteiger partial charge in [-0.25, -0.2) is 9.67 Å². The van der Waals surface area contributed by atoms with Gasteiger partial charge in [0.15, 0.2) is 5.65 Å². The average Bonchev–Trinajstić information content (AvgIpc) is 3.41. The standard InChI is InChI=1S/C21H23N5O/c1-13-5-3-4-6-18(13)14-9-17(10-14)26(16-7-8-16)21(27)15-11-19-20(22-12-15)25(2)24-23-19/h3-6,11-12,14,16-17H,7-10H2,1-2H3. The lowest BCUT2D eigenvalue weighted by Crippen LogP contribution is -2.48. The summed E-state index contributed by atoms with van der Waals surface area (Å²) in [5, 5.41) is 8.08. The van der Waals surface area contributed by atoms with Crippen molar-refractivity contribution in [3.63, 3.8) is 0 Å². The molecule has 2 aliphatic rings. The van der Waals surface area contributed by atoms with Crippen LogP contribution in [0.1, 0.15) is 53.1 Å². The van der Waals surface area contributed by atoms with Gasteiger partial charge in [0.05, 0.1) is 5.56 Å². The summed E-state index contributed by atoms with van der Waals surface area (Å²) in [5.41, 5.74) is 4.77. The number of hydrogen-bond acceptors (Lipinski definition) is 4. The van der Waals surface area contributed by atoms with Crippen molar-refractivity contribution in [2.45, 2.75) is 50.6 Å². The Bertz CT molecular complexity index is 1020. The maximum Gasteiger partial charge on any atom is 0.256 e. The molecule has 2 aliphatic carbocycles. The van der Waals surface area contributed by atoms with E-state index in [9.17, 15) is 4.79 Å². The average molecular weight is 361 g/mol. The molecule has 2 saturated carbocycles. The fourth-order valence-electron chi connectivity index (χ4n) is 4.29. The normalized spacial score (nSPS) is 21.9. The zero-order valence-corrected chi connectivity index (χ0v) is 15.7. The first kappa shape index (κ1) is 16.4. The number of fused-ring (bicyclic) bond motifs is 1. The molecular formula is C21H23N5O. The van der Waals surface area contributed by atoms with Crippen molar-refractivity contribution in [1.82, 2.24) is 24.9 Å². The van der Waals surface area contributed by atoms with Gasteiger partial charge in [0, 0.05) is 25.3 Å². The summed E-state index contributed by atoms with van der Waals surface area (Å²) < 4.78 is 1.63. The van der Waals surface area contributed by atoms with Gasteiger partial charge in [-0.05, 0) is 55.7 Å². The smallest absolute Gasteiger partial charge is 0.256 e. The van der Waals surface area contributed by atoms with Crippen molar-refractivity contribution in [2.24, 2.45) is 7.05 Å². The van der Waals surface area contributed by atoms with Crippen LogP contribution < -0.4 is 0 Å². The fourth-order valence-corrected chi connectivity index (χ4v) is 4.29. The summed E-state index contributed by atoms with van der Waals surface area (Å²) >= 11 is 0. The number of benzene rings is 1. The van der Waals surface area contributed by atoms with E-state index in [1.54, 1.807) is 17.9 Å². The summed E-state index contributed by atoms with van der Waals surface area (Å²) in [5.74, 6) is 0.650. The largest absolute Gasteiger partial charge is 0.333 e. The molecule has 1 amide bonds.